The first-order valence-corrected chi connectivity index (χ1v) is 11.4. The van der Waals surface area contributed by atoms with Gasteiger partial charge in [-0.15, -0.1) is 0 Å². The first-order valence-electron chi connectivity index (χ1n) is 9.64. The number of ether oxygens (including phenoxy) is 1. The molecule has 0 fully saturated rings. The van der Waals surface area contributed by atoms with Gasteiger partial charge in [0.05, 0.1) is 5.69 Å². The molecule has 4 heterocycles. The average molecular weight is 436 g/mol. The normalized spacial score (nSPS) is 17.7. The SMILES string of the molecule is CC1=CSC(N)N1c1ncc(Sc2ccnc3c2CNC3)cc1Oc1ccccc1. The Bertz CT molecular complexity index is 1110. The highest BCUT2D eigenvalue weighted by molar-refractivity contribution is 8.03. The molecule has 6 nitrogen and oxygen atoms in total. The summed E-state index contributed by atoms with van der Waals surface area (Å²) >= 11 is 3.25. The number of pyridine rings is 2. The van der Waals surface area contributed by atoms with E-state index in [9.17, 15) is 0 Å². The third-order valence-corrected chi connectivity index (χ3v) is 6.97. The molecule has 2 aromatic heterocycles. The number of nitrogens with one attached hydrogen (secondary N) is 1. The lowest BCUT2D eigenvalue weighted by Crippen LogP contribution is -2.35. The minimum atomic E-state index is -0.219. The van der Waals surface area contributed by atoms with E-state index in [1.165, 1.54) is 10.5 Å². The molecule has 1 unspecified atom stereocenters. The third-order valence-electron chi connectivity index (χ3n) is 4.94. The molecule has 2 aliphatic heterocycles. The van der Waals surface area contributed by atoms with Crippen molar-refractivity contribution in [3.63, 3.8) is 0 Å². The fourth-order valence-electron chi connectivity index (χ4n) is 3.51. The fraction of sp³-hybridized carbons (Fsp3) is 0.182. The lowest BCUT2D eigenvalue weighted by Gasteiger charge is -2.26. The lowest BCUT2D eigenvalue weighted by molar-refractivity contribution is 0.478. The van der Waals surface area contributed by atoms with Crippen LogP contribution in [0, 0.1) is 0 Å². The maximum Gasteiger partial charge on any atom is 0.178 e. The molecule has 152 valence electrons. The molecule has 0 radical (unpaired) electrons. The van der Waals surface area contributed by atoms with Gasteiger partial charge in [-0.25, -0.2) is 4.98 Å². The van der Waals surface area contributed by atoms with Gasteiger partial charge in [-0.05, 0) is 30.5 Å². The molecule has 2 aliphatic rings. The molecular formula is C22H21N5OS2. The van der Waals surface area contributed by atoms with E-state index in [2.05, 4.69) is 21.8 Å². The van der Waals surface area contributed by atoms with Crippen LogP contribution in [0.25, 0.3) is 0 Å². The van der Waals surface area contributed by atoms with Crippen LogP contribution < -0.4 is 20.7 Å². The average Bonchev–Trinajstić information content (AvgIpc) is 3.37. The molecule has 1 atom stereocenters. The summed E-state index contributed by atoms with van der Waals surface area (Å²) in [6.07, 6.45) is 3.75. The maximum absolute atomic E-state index is 6.31. The summed E-state index contributed by atoms with van der Waals surface area (Å²) in [5.74, 6) is 2.16. The number of thioether (sulfide) groups is 1. The van der Waals surface area contributed by atoms with Crippen molar-refractivity contribution < 1.29 is 4.74 Å². The van der Waals surface area contributed by atoms with E-state index in [0.717, 1.165) is 40.9 Å². The number of hydrogen-bond acceptors (Lipinski definition) is 8. The van der Waals surface area contributed by atoms with Gasteiger partial charge in [-0.1, -0.05) is 41.7 Å². The summed E-state index contributed by atoms with van der Waals surface area (Å²) in [5.41, 5.74) is 9.52. The standard InChI is InChI=1S/C22H21N5OS2/c1-14-13-29-22(23)27(14)21-19(28-15-5-3-2-4-6-15)9-16(10-26-21)30-20-7-8-25-18-12-24-11-17(18)20/h2-10,13,22,24H,11-12,23H2,1H3. The Balaban J connectivity index is 1.52. The zero-order valence-electron chi connectivity index (χ0n) is 16.4. The van der Waals surface area contributed by atoms with Crippen molar-refractivity contribution in [3.05, 3.63) is 77.2 Å². The van der Waals surface area contributed by atoms with Gasteiger partial charge in [-0.2, -0.15) is 0 Å². The predicted octanol–water partition coefficient (Wildman–Crippen LogP) is 4.68. The van der Waals surface area contributed by atoms with Gasteiger partial charge in [0.1, 0.15) is 11.2 Å². The van der Waals surface area contributed by atoms with Crippen LogP contribution in [-0.2, 0) is 13.1 Å². The van der Waals surface area contributed by atoms with E-state index < -0.39 is 0 Å². The summed E-state index contributed by atoms with van der Waals surface area (Å²) in [5, 5.41) is 5.42. The molecule has 0 saturated carbocycles. The minimum absolute atomic E-state index is 0.219. The summed E-state index contributed by atoms with van der Waals surface area (Å²) in [6, 6.07) is 13.9. The Kier molecular flexibility index (Phi) is 5.39. The molecule has 30 heavy (non-hydrogen) atoms. The number of aromatic nitrogens is 2. The van der Waals surface area contributed by atoms with Crippen LogP contribution >= 0.6 is 23.5 Å². The van der Waals surface area contributed by atoms with Gasteiger partial charge in [0.25, 0.3) is 0 Å². The second-order valence-electron chi connectivity index (χ2n) is 7.00. The molecule has 8 heteroatoms. The van der Waals surface area contributed by atoms with E-state index in [4.69, 9.17) is 15.5 Å². The summed E-state index contributed by atoms with van der Waals surface area (Å²) < 4.78 is 6.26. The van der Waals surface area contributed by atoms with Crippen LogP contribution in [0.3, 0.4) is 0 Å². The number of anilines is 1. The number of fused-ring (bicyclic) bond motifs is 1. The largest absolute Gasteiger partial charge is 0.453 e. The van der Waals surface area contributed by atoms with Crippen molar-refractivity contribution in [1.82, 2.24) is 15.3 Å². The van der Waals surface area contributed by atoms with Gasteiger partial charge >= 0.3 is 0 Å². The van der Waals surface area contributed by atoms with Crippen LogP contribution in [0.1, 0.15) is 18.2 Å². The molecular weight excluding hydrogens is 414 g/mol. The highest BCUT2D eigenvalue weighted by Crippen LogP contribution is 2.42. The molecule has 3 N–H and O–H groups in total. The van der Waals surface area contributed by atoms with Gasteiger partial charge in [0, 0.05) is 52.6 Å². The Morgan fingerprint density at radius 2 is 2.07 bits per heavy atom. The van der Waals surface area contributed by atoms with Crippen molar-refractivity contribution in [2.24, 2.45) is 5.73 Å². The smallest absolute Gasteiger partial charge is 0.178 e. The number of para-hydroxylation sites is 1. The predicted molar refractivity (Wildman–Crippen MR) is 121 cm³/mol. The third kappa shape index (κ3) is 3.79. The molecule has 0 bridgehead atoms. The van der Waals surface area contributed by atoms with Gasteiger partial charge in [-0.3, -0.25) is 4.98 Å². The summed E-state index contributed by atoms with van der Waals surface area (Å²) in [4.78, 5) is 13.4. The molecule has 0 aliphatic carbocycles. The molecule has 5 rings (SSSR count). The van der Waals surface area contributed by atoms with Crippen molar-refractivity contribution in [2.45, 2.75) is 35.3 Å². The maximum atomic E-state index is 6.31. The Morgan fingerprint density at radius 1 is 1.20 bits per heavy atom. The van der Waals surface area contributed by atoms with E-state index in [-0.39, 0.29) is 5.50 Å². The van der Waals surface area contributed by atoms with Crippen molar-refractivity contribution in [1.29, 1.82) is 0 Å². The second kappa shape index (κ2) is 8.31. The van der Waals surface area contributed by atoms with Crippen LogP contribution in [0.15, 0.2) is 75.8 Å². The van der Waals surface area contributed by atoms with Crippen molar-refractivity contribution >= 4 is 29.3 Å². The highest BCUT2D eigenvalue weighted by atomic mass is 32.2. The fourth-order valence-corrected chi connectivity index (χ4v) is 5.31. The van der Waals surface area contributed by atoms with Crippen molar-refractivity contribution in [3.8, 4) is 11.5 Å². The highest BCUT2D eigenvalue weighted by Gasteiger charge is 2.27. The molecule has 0 amide bonds. The van der Waals surface area contributed by atoms with Crippen LogP contribution in [-0.4, -0.2) is 15.5 Å². The number of allylic oxidation sites excluding steroid dienone is 1. The van der Waals surface area contributed by atoms with Crippen LogP contribution in [0.5, 0.6) is 11.5 Å². The van der Waals surface area contributed by atoms with Gasteiger partial charge in [0.2, 0.25) is 0 Å². The second-order valence-corrected chi connectivity index (χ2v) is 9.11. The molecule has 3 aromatic rings. The van der Waals surface area contributed by atoms with Crippen LogP contribution in [0.4, 0.5) is 5.82 Å². The quantitative estimate of drug-likeness (QED) is 0.598. The summed E-state index contributed by atoms with van der Waals surface area (Å²) in [6.45, 7) is 3.69. The van der Waals surface area contributed by atoms with Gasteiger partial charge < -0.3 is 20.7 Å². The zero-order chi connectivity index (χ0) is 20.5. The zero-order valence-corrected chi connectivity index (χ0v) is 18.0. The summed E-state index contributed by atoms with van der Waals surface area (Å²) in [7, 11) is 0. The number of hydrogen-bond donors (Lipinski definition) is 2. The molecule has 0 saturated heterocycles. The van der Waals surface area contributed by atoms with E-state index in [1.807, 2.05) is 60.6 Å². The minimum Gasteiger partial charge on any atom is -0.453 e. The Morgan fingerprint density at radius 3 is 2.87 bits per heavy atom. The topological polar surface area (TPSA) is 76.3 Å². The Hall–Kier alpha value is -2.52. The number of benzene rings is 1. The molecule has 0 spiro atoms. The van der Waals surface area contributed by atoms with Crippen LogP contribution in [0.2, 0.25) is 0 Å². The number of nitrogens with zero attached hydrogens (tertiary/aromatic N) is 3. The Labute approximate surface area is 183 Å². The van der Waals surface area contributed by atoms with E-state index in [1.54, 1.807) is 23.5 Å². The monoisotopic (exact) mass is 435 g/mol. The van der Waals surface area contributed by atoms with Crippen molar-refractivity contribution in [2.75, 3.05) is 4.90 Å². The molecule has 1 aromatic carbocycles. The number of rotatable bonds is 5. The van der Waals surface area contributed by atoms with E-state index in [0.29, 0.717) is 5.75 Å². The first-order chi connectivity index (χ1) is 14.7. The lowest BCUT2D eigenvalue weighted by atomic mass is 10.2. The van der Waals surface area contributed by atoms with Gasteiger partial charge in [0.15, 0.2) is 11.6 Å². The first kappa shape index (κ1) is 19.4. The number of nitrogens with two attached hydrogens (primary N) is 1. The van der Waals surface area contributed by atoms with E-state index >= 15 is 0 Å².